The van der Waals surface area contributed by atoms with E-state index >= 15 is 0 Å². The molecule has 6 nitrogen and oxygen atoms in total. The van der Waals surface area contributed by atoms with Crippen molar-refractivity contribution in [3.8, 4) is 5.75 Å². The number of aryl methyl sites for hydroxylation is 2. The minimum Gasteiger partial charge on any atom is -0.493 e. The lowest BCUT2D eigenvalue weighted by Crippen LogP contribution is -2.32. The van der Waals surface area contributed by atoms with Crippen LogP contribution in [0.4, 0.5) is 0 Å². The Morgan fingerprint density at radius 2 is 2.23 bits per heavy atom. The number of nitrogens with zero attached hydrogens (tertiary/aromatic N) is 2. The number of benzene rings is 1. The Bertz CT molecular complexity index is 1050. The quantitative estimate of drug-likeness (QED) is 0.770. The first-order chi connectivity index (χ1) is 12.6. The third kappa shape index (κ3) is 2.68. The van der Waals surface area contributed by atoms with Gasteiger partial charge in [-0.3, -0.25) is 14.2 Å². The molecule has 1 N–H and O–H groups in total. The topological polar surface area (TPSA) is 73.2 Å². The fourth-order valence-electron chi connectivity index (χ4n) is 3.32. The first-order valence-electron chi connectivity index (χ1n) is 8.61. The van der Waals surface area contributed by atoms with Crippen molar-refractivity contribution in [1.82, 2.24) is 14.9 Å². The summed E-state index contributed by atoms with van der Waals surface area (Å²) in [5, 5.41) is 3.63. The number of hydrogen-bond donors (Lipinski definition) is 1. The smallest absolute Gasteiger partial charge is 0.262 e. The maximum atomic E-state index is 12.9. The molecule has 1 aliphatic rings. The Morgan fingerprint density at radius 3 is 3.04 bits per heavy atom. The molecule has 1 aliphatic heterocycles. The lowest BCUT2D eigenvalue weighted by atomic mass is 10.0. The SMILES string of the molecule is CCn1cnc2sc(C(=O)N[C@H]3CCOc4ccccc43)c(C)c2c1=O. The van der Waals surface area contributed by atoms with Crippen LogP contribution in [0.5, 0.6) is 5.75 Å². The van der Waals surface area contributed by atoms with E-state index in [4.69, 9.17) is 4.74 Å². The zero-order chi connectivity index (χ0) is 18.3. The zero-order valence-electron chi connectivity index (χ0n) is 14.6. The number of nitrogens with one attached hydrogen (secondary N) is 1. The summed E-state index contributed by atoms with van der Waals surface area (Å²) in [6.45, 7) is 4.83. The molecule has 1 aromatic carbocycles. The number of carbonyl (C=O) groups is 1. The van der Waals surface area contributed by atoms with Crippen molar-refractivity contribution >= 4 is 27.5 Å². The summed E-state index contributed by atoms with van der Waals surface area (Å²) in [5.41, 5.74) is 1.59. The fraction of sp³-hybridized carbons (Fsp3) is 0.316. The van der Waals surface area contributed by atoms with Gasteiger partial charge in [0, 0.05) is 18.5 Å². The fourth-order valence-corrected chi connectivity index (χ4v) is 4.36. The molecule has 3 aromatic rings. The summed E-state index contributed by atoms with van der Waals surface area (Å²) in [7, 11) is 0. The number of aromatic nitrogens is 2. The first kappa shape index (κ1) is 16.8. The average molecular weight is 369 g/mol. The second kappa shape index (κ2) is 6.57. The highest BCUT2D eigenvalue weighted by molar-refractivity contribution is 7.20. The molecule has 1 atom stereocenters. The van der Waals surface area contributed by atoms with Crippen molar-refractivity contribution in [3.05, 3.63) is 57.0 Å². The molecule has 2 aromatic heterocycles. The van der Waals surface area contributed by atoms with Crippen LogP contribution < -0.4 is 15.6 Å². The van der Waals surface area contributed by atoms with Gasteiger partial charge >= 0.3 is 0 Å². The van der Waals surface area contributed by atoms with Crippen molar-refractivity contribution in [2.75, 3.05) is 6.61 Å². The lowest BCUT2D eigenvalue weighted by molar-refractivity contribution is 0.0928. The molecular formula is C19H19N3O3S. The predicted octanol–water partition coefficient (Wildman–Crippen LogP) is 3.04. The number of thiophene rings is 1. The number of carbonyl (C=O) groups excluding carboxylic acids is 1. The van der Waals surface area contributed by atoms with E-state index in [1.807, 2.05) is 38.1 Å². The van der Waals surface area contributed by atoms with Gasteiger partial charge in [0.15, 0.2) is 0 Å². The van der Waals surface area contributed by atoms with E-state index in [2.05, 4.69) is 10.3 Å². The highest BCUT2D eigenvalue weighted by atomic mass is 32.1. The van der Waals surface area contributed by atoms with Crippen molar-refractivity contribution in [2.45, 2.75) is 32.9 Å². The summed E-state index contributed by atoms with van der Waals surface area (Å²) in [5.74, 6) is 0.638. The first-order valence-corrected chi connectivity index (χ1v) is 9.43. The maximum Gasteiger partial charge on any atom is 0.262 e. The van der Waals surface area contributed by atoms with Gasteiger partial charge in [0.1, 0.15) is 10.6 Å². The van der Waals surface area contributed by atoms with Crippen molar-refractivity contribution in [3.63, 3.8) is 0 Å². The van der Waals surface area contributed by atoms with Gasteiger partial charge in [-0.15, -0.1) is 11.3 Å². The van der Waals surface area contributed by atoms with Crippen LogP contribution in [0.25, 0.3) is 10.2 Å². The molecule has 0 fully saturated rings. The van der Waals surface area contributed by atoms with Crippen molar-refractivity contribution in [1.29, 1.82) is 0 Å². The molecule has 26 heavy (non-hydrogen) atoms. The van der Waals surface area contributed by atoms with E-state index in [0.717, 1.165) is 11.3 Å². The molecular weight excluding hydrogens is 350 g/mol. The lowest BCUT2D eigenvalue weighted by Gasteiger charge is -2.26. The molecule has 7 heteroatoms. The third-order valence-corrected chi connectivity index (χ3v) is 5.93. The van der Waals surface area contributed by atoms with Gasteiger partial charge in [-0.1, -0.05) is 18.2 Å². The zero-order valence-corrected chi connectivity index (χ0v) is 15.4. The molecule has 0 unspecified atom stereocenters. The molecule has 134 valence electrons. The molecule has 4 rings (SSSR count). The van der Waals surface area contributed by atoms with Crippen LogP contribution in [0.3, 0.4) is 0 Å². The minimum atomic E-state index is -0.172. The Hall–Kier alpha value is -2.67. The maximum absolute atomic E-state index is 12.9. The Balaban J connectivity index is 1.69. The monoisotopic (exact) mass is 369 g/mol. The number of hydrogen-bond acceptors (Lipinski definition) is 5. The minimum absolute atomic E-state index is 0.0956. The van der Waals surface area contributed by atoms with Crippen molar-refractivity contribution < 1.29 is 9.53 Å². The van der Waals surface area contributed by atoms with E-state index in [-0.39, 0.29) is 17.5 Å². The Morgan fingerprint density at radius 1 is 1.42 bits per heavy atom. The van der Waals surface area contributed by atoms with Crippen LogP contribution in [0.2, 0.25) is 0 Å². The van der Waals surface area contributed by atoms with E-state index in [1.165, 1.54) is 17.7 Å². The summed E-state index contributed by atoms with van der Waals surface area (Å²) >= 11 is 1.27. The number of rotatable bonds is 3. The average Bonchev–Trinajstić information content (AvgIpc) is 3.00. The number of amides is 1. The van der Waals surface area contributed by atoms with Crippen molar-refractivity contribution in [2.24, 2.45) is 0 Å². The van der Waals surface area contributed by atoms with Crippen LogP contribution >= 0.6 is 11.3 Å². The largest absolute Gasteiger partial charge is 0.493 e. The molecule has 0 spiro atoms. The van der Waals surface area contributed by atoms with Crippen LogP contribution in [-0.4, -0.2) is 22.1 Å². The number of para-hydroxylation sites is 1. The molecule has 0 radical (unpaired) electrons. The second-order valence-electron chi connectivity index (χ2n) is 6.27. The van der Waals surface area contributed by atoms with Gasteiger partial charge in [-0.05, 0) is 25.5 Å². The van der Waals surface area contributed by atoms with Gasteiger partial charge in [-0.25, -0.2) is 4.98 Å². The van der Waals surface area contributed by atoms with Gasteiger partial charge in [0.25, 0.3) is 11.5 Å². The Kier molecular flexibility index (Phi) is 4.24. The van der Waals surface area contributed by atoms with Gasteiger partial charge in [0.05, 0.1) is 29.2 Å². The number of fused-ring (bicyclic) bond motifs is 2. The summed E-state index contributed by atoms with van der Waals surface area (Å²) in [4.78, 5) is 30.9. The van der Waals surface area contributed by atoms with Gasteiger partial charge in [-0.2, -0.15) is 0 Å². The summed E-state index contributed by atoms with van der Waals surface area (Å²) < 4.78 is 7.21. The normalized spacial score (nSPS) is 16.2. The molecule has 0 bridgehead atoms. The third-order valence-electron chi connectivity index (χ3n) is 4.73. The predicted molar refractivity (Wildman–Crippen MR) is 101 cm³/mol. The number of ether oxygens (including phenoxy) is 1. The van der Waals surface area contributed by atoms with E-state index in [0.29, 0.717) is 40.2 Å². The highest BCUT2D eigenvalue weighted by Gasteiger charge is 2.25. The molecule has 0 aliphatic carbocycles. The van der Waals surface area contributed by atoms with Crippen LogP contribution in [-0.2, 0) is 6.54 Å². The van der Waals surface area contributed by atoms with Gasteiger partial charge in [0.2, 0.25) is 0 Å². The highest BCUT2D eigenvalue weighted by Crippen LogP contribution is 2.33. The second-order valence-corrected chi connectivity index (χ2v) is 7.27. The van der Waals surface area contributed by atoms with E-state index in [1.54, 1.807) is 4.57 Å². The standard InChI is InChI=1S/C19H19N3O3S/c1-3-22-10-20-18-15(19(22)24)11(2)16(26-18)17(23)21-13-8-9-25-14-7-5-4-6-12(13)14/h4-7,10,13H,3,8-9H2,1-2H3,(H,21,23)/t13-/m0/s1. The summed E-state index contributed by atoms with van der Waals surface area (Å²) in [6.07, 6.45) is 2.25. The molecule has 0 saturated heterocycles. The van der Waals surface area contributed by atoms with Gasteiger partial charge < -0.3 is 10.1 Å². The molecule has 0 saturated carbocycles. The molecule has 1 amide bonds. The van der Waals surface area contributed by atoms with Crippen LogP contribution in [0.1, 0.15) is 40.2 Å². The van der Waals surface area contributed by atoms with Crippen LogP contribution in [0.15, 0.2) is 35.4 Å². The Labute approximate surface area is 154 Å². The summed E-state index contributed by atoms with van der Waals surface area (Å²) in [6, 6.07) is 7.64. The van der Waals surface area contributed by atoms with Crippen LogP contribution in [0, 0.1) is 6.92 Å². The van der Waals surface area contributed by atoms with E-state index in [9.17, 15) is 9.59 Å². The molecule has 3 heterocycles. The van der Waals surface area contributed by atoms with E-state index < -0.39 is 0 Å².